The molecule has 0 unspecified atom stereocenters. The van der Waals surface area contributed by atoms with E-state index in [1.54, 1.807) is 0 Å². The molecular weight excluding hydrogens is 289 g/mol. The average molecular weight is 322 g/mol. The van der Waals surface area contributed by atoms with Crippen molar-refractivity contribution in [1.29, 1.82) is 0 Å². The maximum absolute atomic E-state index is 10.2. The first-order valence-electron chi connectivity index (χ1n) is 8.62. The van der Waals surface area contributed by atoms with Crippen molar-refractivity contribution in [3.63, 3.8) is 0 Å². The minimum Gasteiger partial charge on any atom is -0.550 e. The summed E-state index contributed by atoms with van der Waals surface area (Å²) in [7, 11) is 0. The molecule has 0 aromatic rings. The Morgan fingerprint density at radius 1 is 0.762 bits per heavy atom. The molecule has 2 nitrogen and oxygen atoms in total. The fourth-order valence-electron chi connectivity index (χ4n) is 2.34. The molecule has 0 bridgehead atoms. The van der Waals surface area contributed by atoms with Gasteiger partial charge in [0.2, 0.25) is 0 Å². The molecule has 3 heteroatoms. The Hall–Kier alpha value is 0.210. The molecule has 0 aliphatic rings. The molecule has 21 heavy (non-hydrogen) atoms. The van der Waals surface area contributed by atoms with Crippen LogP contribution in [0.15, 0.2) is 12.2 Å². The predicted octanol–water partition coefficient (Wildman–Crippen LogP) is 1.78. The summed E-state index contributed by atoms with van der Waals surface area (Å²) in [5.41, 5.74) is 0. The van der Waals surface area contributed by atoms with Crippen molar-refractivity contribution in [3.05, 3.63) is 12.2 Å². The molecule has 0 rings (SSSR count). The second kappa shape index (κ2) is 20.2. The molecular formula is C18H33NaO2. The summed E-state index contributed by atoms with van der Waals surface area (Å²) in [6.07, 6.45) is 20.9. The summed E-state index contributed by atoms with van der Waals surface area (Å²) in [5, 5.41) is 10.2. The zero-order valence-corrected chi connectivity index (χ0v) is 16.4. The van der Waals surface area contributed by atoms with E-state index in [-0.39, 0.29) is 36.0 Å². The van der Waals surface area contributed by atoms with Gasteiger partial charge in [-0.3, -0.25) is 0 Å². The molecule has 0 heterocycles. The van der Waals surface area contributed by atoms with E-state index in [0.29, 0.717) is 0 Å². The van der Waals surface area contributed by atoms with Crippen LogP contribution in [0.25, 0.3) is 0 Å². The number of carbonyl (C=O) groups excluding carboxylic acids is 1. The van der Waals surface area contributed by atoms with Gasteiger partial charge in [-0.05, 0) is 38.5 Å². The van der Waals surface area contributed by atoms with Crippen molar-refractivity contribution in [2.75, 3.05) is 0 Å². The minimum atomic E-state index is -0.914. The zero-order valence-electron chi connectivity index (χ0n) is 14.4. The van der Waals surface area contributed by atoms with Crippen molar-refractivity contribution in [2.45, 2.75) is 96.8 Å². The van der Waals surface area contributed by atoms with Gasteiger partial charge < -0.3 is 9.90 Å². The number of carbonyl (C=O) groups is 1. The van der Waals surface area contributed by atoms with Crippen LogP contribution in [0.2, 0.25) is 0 Å². The second-order valence-electron chi connectivity index (χ2n) is 5.71. The van der Waals surface area contributed by atoms with Crippen LogP contribution >= 0.6 is 0 Å². The number of aliphatic carboxylic acids is 1. The Morgan fingerprint density at radius 3 is 1.67 bits per heavy atom. The maximum Gasteiger partial charge on any atom is 1.00 e. The molecule has 0 aromatic heterocycles. The Labute approximate surface area is 154 Å². The van der Waals surface area contributed by atoms with Gasteiger partial charge >= 0.3 is 29.6 Å². The van der Waals surface area contributed by atoms with E-state index in [2.05, 4.69) is 19.1 Å². The predicted molar refractivity (Wildman–Crippen MR) is 84.5 cm³/mol. The summed E-state index contributed by atoms with van der Waals surface area (Å²) in [6.45, 7) is 2.26. The van der Waals surface area contributed by atoms with E-state index < -0.39 is 5.97 Å². The van der Waals surface area contributed by atoms with E-state index in [1.807, 2.05) is 0 Å². The van der Waals surface area contributed by atoms with Gasteiger partial charge in [0, 0.05) is 5.97 Å². The topological polar surface area (TPSA) is 40.1 Å². The van der Waals surface area contributed by atoms with E-state index >= 15 is 0 Å². The number of unbranched alkanes of at least 4 members (excludes halogenated alkanes) is 11. The smallest absolute Gasteiger partial charge is 0.550 e. The monoisotopic (exact) mass is 322 g/mol. The molecule has 0 spiro atoms. The third-order valence-electron chi connectivity index (χ3n) is 3.64. The fourth-order valence-corrected chi connectivity index (χ4v) is 2.34. The normalized spacial score (nSPS) is 10.7. The molecule has 0 aromatic carbocycles. The van der Waals surface area contributed by atoms with Crippen molar-refractivity contribution < 1.29 is 39.5 Å². The molecule has 0 saturated heterocycles. The quantitative estimate of drug-likeness (QED) is 0.200. The standard InChI is InChI=1S/C18H34O2.Na/c1-2-3-4-5-6-7-8-9-10-11-12-13-14-15-16-17-18(19)20;/h9-10H,2-8,11-17H2,1H3,(H,19,20);/q;+1/p-1/b10-9-;/i1+1,2+1,3+1,4+1,5+1,6+1,7+1,8+1,9+1,10+1,11+1,12+1,13+1,14+1,15+1,16+1,17+1,18+1;. The molecule has 0 amide bonds. The molecule has 0 fully saturated rings. The Bertz CT molecular complexity index is 239. The zero-order chi connectivity index (χ0) is 14.9. The van der Waals surface area contributed by atoms with Crippen LogP contribution < -0.4 is 34.7 Å². The third-order valence-corrected chi connectivity index (χ3v) is 3.64. The number of allylic oxidation sites excluding steroid dienone is 2. The van der Waals surface area contributed by atoms with Gasteiger partial charge in [-0.15, -0.1) is 0 Å². The molecule has 0 radical (unpaired) electrons. The van der Waals surface area contributed by atoms with Crippen LogP contribution in [-0.4, -0.2) is 5.97 Å². The number of carboxylic acid groups (broad SMARTS) is 1. The van der Waals surface area contributed by atoms with Crippen LogP contribution in [0.5, 0.6) is 0 Å². The second-order valence-corrected chi connectivity index (χ2v) is 5.71. The van der Waals surface area contributed by atoms with E-state index in [9.17, 15) is 9.90 Å². The van der Waals surface area contributed by atoms with Gasteiger partial charge in [0.15, 0.2) is 0 Å². The number of hydrogen-bond donors (Lipinski definition) is 0. The van der Waals surface area contributed by atoms with E-state index in [1.165, 1.54) is 64.2 Å². The van der Waals surface area contributed by atoms with Gasteiger partial charge in [-0.1, -0.05) is 70.4 Å². The first-order valence-corrected chi connectivity index (χ1v) is 8.62. The van der Waals surface area contributed by atoms with Crippen LogP contribution in [0, 0.1) is 0 Å². The van der Waals surface area contributed by atoms with Gasteiger partial charge in [0.05, 0.1) is 0 Å². The summed E-state index contributed by atoms with van der Waals surface area (Å²) >= 11 is 0. The number of carboxylic acids is 1. The number of hydrogen-bond acceptors (Lipinski definition) is 2. The first kappa shape index (κ1) is 23.5. The largest absolute Gasteiger partial charge is 1.00 e. The van der Waals surface area contributed by atoms with Crippen LogP contribution in [0.1, 0.15) is 96.8 Å². The van der Waals surface area contributed by atoms with Crippen LogP contribution in [0.4, 0.5) is 0 Å². The molecule has 0 aliphatic heterocycles. The maximum atomic E-state index is 10.2. The summed E-state index contributed by atoms with van der Waals surface area (Å²) in [4.78, 5) is 10.2. The van der Waals surface area contributed by atoms with Gasteiger partial charge in [0.1, 0.15) is 0 Å². The summed E-state index contributed by atoms with van der Waals surface area (Å²) < 4.78 is 0. The van der Waals surface area contributed by atoms with Gasteiger partial charge in [-0.2, -0.15) is 0 Å². The third kappa shape index (κ3) is 22.6. The molecule has 0 atom stereocenters. The molecule has 0 N–H and O–H groups in total. The minimum absolute atomic E-state index is 0. The first-order chi connectivity index (χ1) is 9.77. The molecule has 118 valence electrons. The van der Waals surface area contributed by atoms with Crippen molar-refractivity contribution in [1.82, 2.24) is 0 Å². The van der Waals surface area contributed by atoms with Crippen molar-refractivity contribution in [2.24, 2.45) is 0 Å². The fraction of sp³-hybridized carbons (Fsp3) is 0.833. The van der Waals surface area contributed by atoms with Crippen LogP contribution in [0.3, 0.4) is 0 Å². The Morgan fingerprint density at radius 2 is 1.19 bits per heavy atom. The van der Waals surface area contributed by atoms with Crippen LogP contribution in [-0.2, 0) is 4.79 Å². The summed E-state index contributed by atoms with van der Waals surface area (Å²) in [6, 6.07) is 0. The van der Waals surface area contributed by atoms with Crippen molar-refractivity contribution in [3.8, 4) is 0 Å². The van der Waals surface area contributed by atoms with Gasteiger partial charge in [-0.25, -0.2) is 0 Å². The van der Waals surface area contributed by atoms with E-state index in [0.717, 1.165) is 19.3 Å². The SMILES string of the molecule is [13CH3][13CH2][13CH2][13CH2][13CH2][13CH2][13CH2][13CH2]/[13CH]=[13CH]\[13CH2][13CH2][13CH2][13CH2][13CH2][13CH2][13CH2][13C](=O)[O-].[Na+]. The van der Waals surface area contributed by atoms with Gasteiger partial charge in [0.25, 0.3) is 0 Å². The summed E-state index contributed by atoms with van der Waals surface area (Å²) in [5.74, 6) is -0.914. The van der Waals surface area contributed by atoms with E-state index in [4.69, 9.17) is 0 Å². The molecule has 0 aliphatic carbocycles. The average Bonchev–Trinajstić information content (AvgIpc) is 2.43. The Balaban J connectivity index is 0. The molecule has 0 saturated carbocycles. The Kier molecular flexibility index (Phi) is 22.6. The van der Waals surface area contributed by atoms with Crippen molar-refractivity contribution >= 4 is 5.97 Å². The number of rotatable bonds is 15.